The van der Waals surface area contributed by atoms with Crippen LogP contribution in [-0.2, 0) is 38.0 Å². The maximum atomic E-state index is 14.3. The Morgan fingerprint density at radius 1 is 1.00 bits per heavy atom. The number of aliphatic hydroxyl groups is 2. The second-order valence-corrected chi connectivity index (χ2v) is 17.4. The van der Waals surface area contributed by atoms with Crippen LogP contribution in [0, 0.1) is 23.7 Å². The van der Waals surface area contributed by atoms with Gasteiger partial charge in [-0.25, -0.2) is 0 Å². The van der Waals surface area contributed by atoms with Crippen LogP contribution in [0.25, 0.3) is 0 Å². The largest absolute Gasteiger partial charge is 0.462 e. The molecule has 2 bridgehead atoms. The number of esters is 1. The molecule has 5 heterocycles. The summed E-state index contributed by atoms with van der Waals surface area (Å²) in [4.78, 5) is 14.3. The third-order valence-corrected chi connectivity index (χ3v) is 13.5. The van der Waals surface area contributed by atoms with E-state index in [-0.39, 0.29) is 30.8 Å². The third-order valence-electron chi connectivity index (χ3n) is 13.5. The van der Waals surface area contributed by atoms with Gasteiger partial charge >= 0.3 is 5.97 Å². The van der Waals surface area contributed by atoms with Gasteiger partial charge in [-0.1, -0.05) is 69.1 Å². The molecule has 5 aliphatic heterocycles. The summed E-state index contributed by atoms with van der Waals surface area (Å²) in [6.07, 6.45) is 16.8. The van der Waals surface area contributed by atoms with Gasteiger partial charge in [-0.05, 0) is 75.9 Å². The fraction of sp³-hybridized carbons (Fsp3) is 0.791. The molecule has 4 unspecified atom stereocenters. The molecule has 0 amide bonds. The van der Waals surface area contributed by atoms with E-state index in [0.717, 1.165) is 24.0 Å². The van der Waals surface area contributed by atoms with E-state index in [2.05, 4.69) is 32.9 Å². The smallest absolute Gasteiger partial charge is 0.316 e. The molecule has 0 radical (unpaired) electrons. The van der Waals surface area contributed by atoms with Gasteiger partial charge in [0.1, 0.15) is 23.7 Å². The number of ether oxygens (including phenoxy) is 7. The van der Waals surface area contributed by atoms with Crippen molar-refractivity contribution in [1.82, 2.24) is 0 Å². The molecule has 10 heteroatoms. The maximum absolute atomic E-state index is 14.3. The first-order valence-corrected chi connectivity index (χ1v) is 20.5. The fourth-order valence-electron chi connectivity index (χ4n) is 10.4. The minimum Gasteiger partial charge on any atom is -0.462 e. The molecule has 14 atom stereocenters. The van der Waals surface area contributed by atoms with Gasteiger partial charge in [-0.2, -0.15) is 0 Å². The molecule has 10 nitrogen and oxygen atoms in total. The number of allylic oxidation sites excluding steroid dienone is 2. The molecular weight excluding hydrogens is 676 g/mol. The van der Waals surface area contributed by atoms with Gasteiger partial charge < -0.3 is 43.4 Å². The molecule has 7 rings (SSSR count). The third kappa shape index (κ3) is 8.18. The first-order chi connectivity index (χ1) is 25.4. The van der Waals surface area contributed by atoms with Crippen LogP contribution in [0.2, 0.25) is 0 Å². The normalized spacial score (nSPS) is 48.5. The highest BCUT2D eigenvalue weighted by Crippen LogP contribution is 2.48. The van der Waals surface area contributed by atoms with Gasteiger partial charge in [0.2, 0.25) is 0 Å². The van der Waals surface area contributed by atoms with Gasteiger partial charge in [0.15, 0.2) is 12.1 Å². The van der Waals surface area contributed by atoms with Crippen LogP contribution in [0.15, 0.2) is 47.1 Å². The second-order valence-electron chi connectivity index (χ2n) is 17.4. The minimum absolute atomic E-state index is 0.0874. The zero-order valence-electron chi connectivity index (χ0n) is 32.7. The Kier molecular flexibility index (Phi) is 12.1. The van der Waals surface area contributed by atoms with Gasteiger partial charge in [0.05, 0.1) is 43.2 Å². The topological polar surface area (TPSA) is 122 Å². The number of aliphatic hydroxyl groups excluding tert-OH is 1. The number of methoxy groups -OCH3 is 1. The molecule has 0 aromatic rings. The van der Waals surface area contributed by atoms with Crippen molar-refractivity contribution in [3.63, 3.8) is 0 Å². The van der Waals surface area contributed by atoms with E-state index in [1.165, 1.54) is 32.1 Å². The van der Waals surface area contributed by atoms with Gasteiger partial charge in [0, 0.05) is 38.7 Å². The molecule has 2 N–H and O–H groups in total. The van der Waals surface area contributed by atoms with Crippen molar-refractivity contribution < 1.29 is 48.2 Å². The highest BCUT2D eigenvalue weighted by molar-refractivity contribution is 5.78. The van der Waals surface area contributed by atoms with Crippen molar-refractivity contribution in [2.45, 2.75) is 178 Å². The minimum atomic E-state index is -1.51. The summed E-state index contributed by atoms with van der Waals surface area (Å²) in [6, 6.07) is 0. The molecule has 1 spiro atoms. The Morgan fingerprint density at radius 3 is 2.57 bits per heavy atom. The Labute approximate surface area is 316 Å². The van der Waals surface area contributed by atoms with Crippen molar-refractivity contribution in [2.24, 2.45) is 23.7 Å². The Bertz CT molecular complexity index is 1430. The number of fused-ring (bicyclic) bond motifs is 2. The molecule has 7 aliphatic rings. The number of rotatable bonds is 4. The standard InChI is InChI=1S/C43H64O10/c1-25-19-34-41(45)50-33-21-32(52-42(23-33)18-17-28(4)40(53-42)30-12-8-7-9-13-30)16-15-27(3)39(51-37-22-35(47-6)38(44)29(5)49-37)26(2)11-10-14-31-24-48-36(20-25)43(31,34)46/h10-11,14-15,19,26,28-30,32-40,44,46H,7-9,12-13,16-18,20-24H2,1-6H3/b11-10+,27-15+,31-14+/t26-,28-,29-,32+,33-,34-,35-,36?,37?,38?,39?,40-,42+,43+/m0/s1. The van der Waals surface area contributed by atoms with Crippen molar-refractivity contribution in [1.29, 1.82) is 0 Å². The molecule has 5 fully saturated rings. The predicted octanol–water partition coefficient (Wildman–Crippen LogP) is 6.63. The molecule has 4 saturated heterocycles. The lowest BCUT2D eigenvalue weighted by Gasteiger charge is -2.51. The molecule has 2 aliphatic carbocycles. The Morgan fingerprint density at radius 2 is 1.79 bits per heavy atom. The number of carbonyl (C=O) groups excluding carboxylic acids is 1. The van der Waals surface area contributed by atoms with Crippen LogP contribution in [0.1, 0.15) is 112 Å². The summed E-state index contributed by atoms with van der Waals surface area (Å²) in [5.41, 5.74) is 1.19. The lowest BCUT2D eigenvalue weighted by molar-refractivity contribution is -0.342. The van der Waals surface area contributed by atoms with Gasteiger partial charge in [0.25, 0.3) is 0 Å². The summed E-state index contributed by atoms with van der Waals surface area (Å²) >= 11 is 0. The predicted molar refractivity (Wildman–Crippen MR) is 199 cm³/mol. The van der Waals surface area contributed by atoms with E-state index in [4.69, 9.17) is 33.2 Å². The molecule has 53 heavy (non-hydrogen) atoms. The quantitative estimate of drug-likeness (QED) is 0.240. The number of hydrogen-bond acceptors (Lipinski definition) is 10. The zero-order chi connectivity index (χ0) is 37.5. The van der Waals surface area contributed by atoms with E-state index in [1.807, 2.05) is 32.1 Å². The summed E-state index contributed by atoms with van der Waals surface area (Å²) in [5, 5.41) is 23.1. The second kappa shape index (κ2) is 16.3. The van der Waals surface area contributed by atoms with E-state index in [9.17, 15) is 15.0 Å². The lowest BCUT2D eigenvalue weighted by Crippen LogP contribution is -2.56. The van der Waals surface area contributed by atoms with Crippen molar-refractivity contribution >= 4 is 5.97 Å². The van der Waals surface area contributed by atoms with Crippen LogP contribution in [-0.4, -0.2) is 96.4 Å². The first-order valence-electron chi connectivity index (χ1n) is 20.5. The van der Waals surface area contributed by atoms with E-state index in [0.29, 0.717) is 49.5 Å². The van der Waals surface area contributed by atoms with Crippen LogP contribution < -0.4 is 0 Å². The monoisotopic (exact) mass is 740 g/mol. The first kappa shape index (κ1) is 39.3. The molecule has 296 valence electrons. The number of hydrogen-bond donors (Lipinski definition) is 2. The van der Waals surface area contributed by atoms with E-state index in [1.54, 1.807) is 7.11 Å². The van der Waals surface area contributed by atoms with Crippen LogP contribution >= 0.6 is 0 Å². The Hall–Kier alpha value is -1.89. The lowest BCUT2D eigenvalue weighted by atomic mass is 9.72. The van der Waals surface area contributed by atoms with Crippen molar-refractivity contribution in [3.8, 4) is 0 Å². The SMILES string of the molecule is CO[C@H]1CC(OC2/C(C)=C/C[C@@H]3C[C@@H](C[C@]4(CC[C@H](C)[C@@H](C5CCCCC5)O4)O3)OC(=O)[C@@H]3C=C(C)CC4OC/C(=C\C=C\[C@@H]2C)[C@]43O)O[C@@H](C)C1O. The summed E-state index contributed by atoms with van der Waals surface area (Å²) in [5.74, 6) is -1.29. The average Bonchev–Trinajstić information content (AvgIpc) is 3.46. The summed E-state index contributed by atoms with van der Waals surface area (Å²) < 4.78 is 45.3. The molecular formula is C43H64O10. The van der Waals surface area contributed by atoms with Crippen molar-refractivity contribution in [2.75, 3.05) is 13.7 Å². The molecule has 0 aromatic heterocycles. The van der Waals surface area contributed by atoms with Crippen LogP contribution in [0.3, 0.4) is 0 Å². The van der Waals surface area contributed by atoms with E-state index >= 15 is 0 Å². The average molecular weight is 741 g/mol. The molecule has 0 aromatic carbocycles. The maximum Gasteiger partial charge on any atom is 0.316 e. The van der Waals surface area contributed by atoms with Crippen molar-refractivity contribution in [3.05, 3.63) is 47.1 Å². The van der Waals surface area contributed by atoms with Gasteiger partial charge in [-0.15, -0.1) is 0 Å². The molecule has 1 saturated carbocycles. The highest BCUT2D eigenvalue weighted by atomic mass is 16.7. The Balaban J connectivity index is 1.22. The highest BCUT2D eigenvalue weighted by Gasteiger charge is 2.57. The van der Waals surface area contributed by atoms with Crippen LogP contribution in [0.5, 0.6) is 0 Å². The fourth-order valence-corrected chi connectivity index (χ4v) is 10.4. The summed E-state index contributed by atoms with van der Waals surface area (Å²) in [7, 11) is 1.61. The summed E-state index contributed by atoms with van der Waals surface area (Å²) in [6.45, 7) is 10.6. The zero-order valence-corrected chi connectivity index (χ0v) is 32.7. The number of carbonyl (C=O) groups is 1. The van der Waals surface area contributed by atoms with E-state index < -0.39 is 60.1 Å². The van der Waals surface area contributed by atoms with Crippen LogP contribution in [0.4, 0.5) is 0 Å². The van der Waals surface area contributed by atoms with Gasteiger partial charge in [-0.3, -0.25) is 4.79 Å².